The van der Waals surface area contributed by atoms with Crippen molar-refractivity contribution >= 4 is 17.6 Å². The molecule has 2 aromatic rings. The lowest BCUT2D eigenvalue weighted by Gasteiger charge is -2.11. The first kappa shape index (κ1) is 19.1. The topological polar surface area (TPSA) is 105 Å². The normalized spacial score (nSPS) is 10.2. The number of hydrogen-bond acceptors (Lipinski definition) is 5. The van der Waals surface area contributed by atoms with Gasteiger partial charge >= 0.3 is 5.97 Å². The number of carbonyl (C=O) groups excluding carboxylic acids is 1. The molecule has 0 fully saturated rings. The van der Waals surface area contributed by atoms with Crippen LogP contribution in [0.2, 0.25) is 0 Å². The highest BCUT2D eigenvalue weighted by molar-refractivity contribution is 5.95. The quantitative estimate of drug-likeness (QED) is 0.626. The van der Waals surface area contributed by atoms with E-state index in [1.54, 1.807) is 19.2 Å². The van der Waals surface area contributed by atoms with Crippen molar-refractivity contribution < 1.29 is 29.3 Å². The molecule has 0 aliphatic rings. The smallest absolute Gasteiger partial charge is 0.335 e. The summed E-state index contributed by atoms with van der Waals surface area (Å²) in [7, 11) is 1.55. The van der Waals surface area contributed by atoms with Gasteiger partial charge in [-0.25, -0.2) is 4.79 Å². The Kier molecular flexibility index (Phi) is 6.43. The molecule has 1 amide bonds. The zero-order valence-corrected chi connectivity index (χ0v) is 14.6. The molecule has 0 unspecified atom stereocenters. The molecule has 26 heavy (non-hydrogen) atoms. The lowest BCUT2D eigenvalue weighted by Crippen LogP contribution is -2.13. The van der Waals surface area contributed by atoms with E-state index in [0.717, 1.165) is 5.56 Å². The van der Waals surface area contributed by atoms with Gasteiger partial charge in [-0.15, -0.1) is 0 Å². The summed E-state index contributed by atoms with van der Waals surface area (Å²) >= 11 is 0. The van der Waals surface area contributed by atoms with Crippen molar-refractivity contribution in [2.45, 2.75) is 19.8 Å². The molecule has 0 aromatic heterocycles. The lowest BCUT2D eigenvalue weighted by atomic mass is 10.1. The van der Waals surface area contributed by atoms with E-state index in [-0.39, 0.29) is 29.3 Å². The van der Waals surface area contributed by atoms with Crippen molar-refractivity contribution in [1.29, 1.82) is 0 Å². The van der Waals surface area contributed by atoms with E-state index in [1.165, 1.54) is 18.2 Å². The first-order valence-corrected chi connectivity index (χ1v) is 8.10. The predicted octanol–water partition coefficient (Wildman–Crippen LogP) is 3.07. The van der Waals surface area contributed by atoms with Crippen LogP contribution in [0.5, 0.6) is 17.2 Å². The molecule has 0 heterocycles. The Hall–Kier alpha value is -3.22. The van der Waals surface area contributed by atoms with E-state index in [1.807, 2.05) is 13.0 Å². The van der Waals surface area contributed by atoms with Gasteiger partial charge in [0.15, 0.2) is 11.5 Å². The summed E-state index contributed by atoms with van der Waals surface area (Å²) in [6.07, 6.45) is 0.613. The fourth-order valence-electron chi connectivity index (χ4n) is 2.38. The number of carboxylic acid groups (broad SMARTS) is 1. The first-order chi connectivity index (χ1) is 12.4. The SMILES string of the molecule is CCOc1ccc(CCC(=O)Nc2cc(C(=O)O)ccc2O)cc1OC. The molecule has 2 aromatic carbocycles. The summed E-state index contributed by atoms with van der Waals surface area (Å²) in [4.78, 5) is 23.1. The summed E-state index contributed by atoms with van der Waals surface area (Å²) in [6.45, 7) is 2.41. The Bertz CT molecular complexity index is 803. The summed E-state index contributed by atoms with van der Waals surface area (Å²) in [5.74, 6) is -0.432. The molecule has 0 aliphatic carbocycles. The van der Waals surface area contributed by atoms with Crippen molar-refractivity contribution in [3.05, 3.63) is 47.5 Å². The number of nitrogens with one attached hydrogen (secondary N) is 1. The van der Waals surface area contributed by atoms with Gasteiger partial charge < -0.3 is 25.0 Å². The number of anilines is 1. The molecule has 0 bridgehead atoms. The van der Waals surface area contributed by atoms with Crippen LogP contribution in [0.4, 0.5) is 5.69 Å². The number of methoxy groups -OCH3 is 1. The van der Waals surface area contributed by atoms with Crippen molar-refractivity contribution in [2.24, 2.45) is 0 Å². The zero-order valence-electron chi connectivity index (χ0n) is 14.6. The molecule has 0 saturated heterocycles. The van der Waals surface area contributed by atoms with Gasteiger partial charge in [0.1, 0.15) is 5.75 Å². The summed E-state index contributed by atoms with van der Waals surface area (Å²) in [5.41, 5.74) is 0.942. The van der Waals surface area contributed by atoms with E-state index in [2.05, 4.69) is 5.32 Å². The molecule has 0 spiro atoms. The van der Waals surface area contributed by atoms with Crippen molar-refractivity contribution in [3.8, 4) is 17.2 Å². The number of phenols is 1. The maximum absolute atomic E-state index is 12.1. The maximum Gasteiger partial charge on any atom is 0.335 e. The number of benzene rings is 2. The van der Waals surface area contributed by atoms with Crippen LogP contribution >= 0.6 is 0 Å². The van der Waals surface area contributed by atoms with Crippen LogP contribution < -0.4 is 14.8 Å². The van der Waals surface area contributed by atoms with E-state index in [9.17, 15) is 14.7 Å². The Labute approximate surface area is 151 Å². The number of hydrogen-bond donors (Lipinski definition) is 3. The average molecular weight is 359 g/mol. The van der Waals surface area contributed by atoms with Gasteiger partial charge in [-0.2, -0.15) is 0 Å². The fraction of sp³-hybridized carbons (Fsp3) is 0.263. The van der Waals surface area contributed by atoms with Crippen LogP contribution in [0.1, 0.15) is 29.3 Å². The number of aryl methyl sites for hydroxylation is 1. The summed E-state index contributed by atoms with van der Waals surface area (Å²) < 4.78 is 10.7. The third-order valence-electron chi connectivity index (χ3n) is 3.69. The predicted molar refractivity (Wildman–Crippen MR) is 96.2 cm³/mol. The lowest BCUT2D eigenvalue weighted by molar-refractivity contribution is -0.116. The third-order valence-corrected chi connectivity index (χ3v) is 3.69. The monoisotopic (exact) mass is 359 g/mol. The van der Waals surface area contributed by atoms with Crippen LogP contribution in [0.25, 0.3) is 0 Å². The van der Waals surface area contributed by atoms with Gasteiger partial charge in [-0.05, 0) is 49.2 Å². The summed E-state index contributed by atoms with van der Waals surface area (Å²) in [6, 6.07) is 9.16. The number of ether oxygens (including phenoxy) is 2. The Morgan fingerprint density at radius 1 is 1.12 bits per heavy atom. The Morgan fingerprint density at radius 2 is 1.88 bits per heavy atom. The third kappa shape index (κ3) is 4.89. The summed E-state index contributed by atoms with van der Waals surface area (Å²) in [5, 5.41) is 21.3. The zero-order chi connectivity index (χ0) is 19.1. The highest BCUT2D eigenvalue weighted by atomic mass is 16.5. The molecule has 7 heteroatoms. The van der Waals surface area contributed by atoms with E-state index in [4.69, 9.17) is 14.6 Å². The average Bonchev–Trinajstić information content (AvgIpc) is 2.62. The number of rotatable bonds is 8. The highest BCUT2D eigenvalue weighted by Gasteiger charge is 2.12. The number of aromatic hydroxyl groups is 1. The molecule has 0 radical (unpaired) electrons. The number of carbonyl (C=O) groups is 2. The van der Waals surface area contributed by atoms with Crippen LogP contribution in [0.15, 0.2) is 36.4 Å². The molecule has 0 saturated carbocycles. The first-order valence-electron chi connectivity index (χ1n) is 8.10. The van der Waals surface area contributed by atoms with Crippen molar-refractivity contribution in [1.82, 2.24) is 0 Å². The van der Waals surface area contributed by atoms with Gasteiger partial charge in [-0.3, -0.25) is 4.79 Å². The second kappa shape index (κ2) is 8.75. The number of aromatic carboxylic acids is 1. The second-order valence-corrected chi connectivity index (χ2v) is 5.50. The van der Waals surface area contributed by atoms with Crippen molar-refractivity contribution in [2.75, 3.05) is 19.0 Å². The van der Waals surface area contributed by atoms with Gasteiger partial charge in [0.25, 0.3) is 0 Å². The van der Waals surface area contributed by atoms with Crippen LogP contribution in [0, 0.1) is 0 Å². The standard InChI is InChI=1S/C19H21NO6/c1-3-26-16-8-4-12(10-17(16)25-2)5-9-18(22)20-14-11-13(19(23)24)6-7-15(14)21/h4,6-8,10-11,21H,3,5,9H2,1-2H3,(H,20,22)(H,23,24). The molecule has 2 rings (SSSR count). The Morgan fingerprint density at radius 3 is 2.54 bits per heavy atom. The molecule has 138 valence electrons. The van der Waals surface area contributed by atoms with E-state index < -0.39 is 5.97 Å². The number of amides is 1. The minimum absolute atomic E-state index is 0.0191. The van der Waals surface area contributed by atoms with Gasteiger partial charge in [-0.1, -0.05) is 6.07 Å². The largest absolute Gasteiger partial charge is 0.506 e. The van der Waals surface area contributed by atoms with E-state index in [0.29, 0.717) is 24.5 Å². The minimum atomic E-state index is -1.14. The molecule has 0 aliphatic heterocycles. The number of carboxylic acids is 1. The van der Waals surface area contributed by atoms with Crippen LogP contribution in [-0.2, 0) is 11.2 Å². The van der Waals surface area contributed by atoms with E-state index >= 15 is 0 Å². The van der Waals surface area contributed by atoms with Gasteiger partial charge in [0, 0.05) is 6.42 Å². The molecular formula is C19H21NO6. The second-order valence-electron chi connectivity index (χ2n) is 5.50. The van der Waals surface area contributed by atoms with Crippen molar-refractivity contribution in [3.63, 3.8) is 0 Å². The molecule has 3 N–H and O–H groups in total. The highest BCUT2D eigenvalue weighted by Crippen LogP contribution is 2.29. The fourth-order valence-corrected chi connectivity index (χ4v) is 2.38. The number of phenolic OH excluding ortho intramolecular Hbond substituents is 1. The molecule has 7 nitrogen and oxygen atoms in total. The van der Waals surface area contributed by atoms with Gasteiger partial charge in [0.2, 0.25) is 5.91 Å². The minimum Gasteiger partial charge on any atom is -0.506 e. The Balaban J connectivity index is 2.01. The van der Waals surface area contributed by atoms with Gasteiger partial charge in [0.05, 0.1) is 25.0 Å². The van der Waals surface area contributed by atoms with Crippen LogP contribution in [0.3, 0.4) is 0 Å². The maximum atomic E-state index is 12.1. The molecular weight excluding hydrogens is 338 g/mol. The molecule has 0 atom stereocenters. The van der Waals surface area contributed by atoms with Crippen LogP contribution in [-0.4, -0.2) is 35.8 Å².